The van der Waals surface area contributed by atoms with E-state index in [-0.39, 0.29) is 18.4 Å². The number of aliphatic hydroxyl groups is 1. The van der Waals surface area contributed by atoms with E-state index < -0.39 is 0 Å². The molecule has 20 heavy (non-hydrogen) atoms. The zero-order valence-electron chi connectivity index (χ0n) is 12.2. The van der Waals surface area contributed by atoms with Gasteiger partial charge < -0.3 is 10.4 Å². The van der Waals surface area contributed by atoms with Crippen molar-refractivity contribution in [1.82, 2.24) is 5.32 Å². The molecule has 3 nitrogen and oxygen atoms in total. The Kier molecular flexibility index (Phi) is 8.01. The Morgan fingerprint density at radius 2 is 2.25 bits per heavy atom. The van der Waals surface area contributed by atoms with Gasteiger partial charge in [-0.15, -0.1) is 11.3 Å². The lowest BCUT2D eigenvalue weighted by Gasteiger charge is -2.13. The third kappa shape index (κ3) is 5.77. The first-order chi connectivity index (χ1) is 9.71. The van der Waals surface area contributed by atoms with E-state index >= 15 is 0 Å². The number of carbonyl (C=O) groups is 1. The van der Waals surface area contributed by atoms with Crippen molar-refractivity contribution in [3.05, 3.63) is 21.9 Å². The highest BCUT2D eigenvalue weighted by molar-refractivity contribution is 7.12. The van der Waals surface area contributed by atoms with E-state index in [1.54, 1.807) is 11.3 Å². The number of rotatable bonds is 7. The third-order valence-electron chi connectivity index (χ3n) is 3.16. The second kappa shape index (κ2) is 9.57. The summed E-state index contributed by atoms with van der Waals surface area (Å²) in [5.74, 6) is 5.77. The van der Waals surface area contributed by atoms with Crippen LogP contribution in [0.15, 0.2) is 12.1 Å². The van der Waals surface area contributed by atoms with E-state index in [2.05, 4.69) is 31.0 Å². The van der Waals surface area contributed by atoms with Crippen molar-refractivity contribution in [3.63, 3.8) is 0 Å². The van der Waals surface area contributed by atoms with Crippen LogP contribution in [0.1, 0.15) is 49.3 Å². The van der Waals surface area contributed by atoms with Gasteiger partial charge in [-0.1, -0.05) is 38.5 Å². The summed E-state index contributed by atoms with van der Waals surface area (Å²) in [6, 6.07) is 3.89. The molecule has 0 bridgehead atoms. The fourth-order valence-electron chi connectivity index (χ4n) is 1.96. The normalized spacial score (nSPS) is 11.6. The zero-order chi connectivity index (χ0) is 14.8. The van der Waals surface area contributed by atoms with E-state index in [4.69, 9.17) is 5.11 Å². The first-order valence-corrected chi connectivity index (χ1v) is 7.99. The average Bonchev–Trinajstić information content (AvgIpc) is 2.91. The molecule has 2 N–H and O–H groups in total. The molecule has 0 radical (unpaired) electrons. The molecule has 4 heteroatoms. The number of aliphatic hydroxyl groups excluding tert-OH is 1. The van der Waals surface area contributed by atoms with Crippen LogP contribution < -0.4 is 5.32 Å². The summed E-state index contributed by atoms with van der Waals surface area (Å²) in [6.07, 6.45) is 4.09. The fraction of sp³-hybridized carbons (Fsp3) is 0.562. The molecule has 1 atom stereocenters. The van der Waals surface area contributed by atoms with Crippen LogP contribution in [0.3, 0.4) is 0 Å². The molecule has 1 aromatic heterocycles. The number of thiophene rings is 1. The molecule has 1 unspecified atom stereocenters. The number of carbonyl (C=O) groups excluding carboxylic acids is 1. The van der Waals surface area contributed by atoms with Gasteiger partial charge in [0.15, 0.2) is 0 Å². The number of amides is 1. The van der Waals surface area contributed by atoms with Gasteiger partial charge in [0, 0.05) is 10.8 Å². The molecule has 1 amide bonds. The van der Waals surface area contributed by atoms with Crippen molar-refractivity contribution >= 4 is 17.2 Å². The Hall–Kier alpha value is -1.31. The molecule has 0 saturated carbocycles. The molecule has 110 valence electrons. The van der Waals surface area contributed by atoms with Gasteiger partial charge in [0.1, 0.15) is 6.61 Å². The van der Waals surface area contributed by atoms with Gasteiger partial charge in [-0.25, -0.2) is 0 Å². The fourth-order valence-corrected chi connectivity index (χ4v) is 2.78. The van der Waals surface area contributed by atoms with Crippen LogP contribution in [0.5, 0.6) is 0 Å². The highest BCUT2D eigenvalue weighted by Gasteiger charge is 2.15. The van der Waals surface area contributed by atoms with E-state index in [0.29, 0.717) is 6.54 Å². The minimum Gasteiger partial charge on any atom is -0.384 e. The number of hydrogen-bond acceptors (Lipinski definition) is 3. The van der Waals surface area contributed by atoms with Gasteiger partial charge in [0.05, 0.1) is 11.4 Å². The van der Waals surface area contributed by atoms with Crippen LogP contribution >= 0.6 is 11.3 Å². The van der Waals surface area contributed by atoms with E-state index in [0.717, 1.165) is 35.4 Å². The Labute approximate surface area is 125 Å². The molecule has 0 aliphatic carbocycles. The Bertz CT molecular complexity index is 470. The van der Waals surface area contributed by atoms with Crippen LogP contribution in [0, 0.1) is 17.8 Å². The lowest BCUT2D eigenvalue weighted by molar-refractivity contribution is -0.125. The van der Waals surface area contributed by atoms with Crippen LogP contribution in [0.2, 0.25) is 0 Å². The van der Waals surface area contributed by atoms with Gasteiger partial charge in [-0.3, -0.25) is 4.79 Å². The molecular formula is C16H23NO2S. The summed E-state index contributed by atoms with van der Waals surface area (Å²) < 4.78 is 0. The summed E-state index contributed by atoms with van der Waals surface area (Å²) in [6.45, 7) is 4.64. The van der Waals surface area contributed by atoms with Crippen molar-refractivity contribution < 1.29 is 9.90 Å². The number of hydrogen-bond donors (Lipinski definition) is 2. The van der Waals surface area contributed by atoms with Crippen molar-refractivity contribution in [2.45, 2.75) is 46.1 Å². The van der Waals surface area contributed by atoms with Crippen LogP contribution in [0.25, 0.3) is 0 Å². The van der Waals surface area contributed by atoms with Crippen LogP contribution in [-0.4, -0.2) is 17.6 Å². The number of unbranched alkanes of at least 4 members (excludes halogenated alkanes) is 1. The molecule has 1 aromatic rings. The minimum absolute atomic E-state index is 0.125. The second-order valence-electron chi connectivity index (χ2n) is 4.69. The molecule has 1 rings (SSSR count). The lowest BCUT2D eigenvalue weighted by Crippen LogP contribution is -2.29. The largest absolute Gasteiger partial charge is 0.384 e. The van der Waals surface area contributed by atoms with Crippen molar-refractivity contribution in [3.8, 4) is 11.8 Å². The minimum atomic E-state index is -0.125. The molecule has 1 heterocycles. The molecule has 0 aliphatic rings. The average molecular weight is 293 g/mol. The summed E-state index contributed by atoms with van der Waals surface area (Å²) in [5.41, 5.74) is 0. The van der Waals surface area contributed by atoms with Gasteiger partial charge in [0.25, 0.3) is 0 Å². The van der Waals surface area contributed by atoms with Gasteiger partial charge in [-0.05, 0) is 25.0 Å². The van der Waals surface area contributed by atoms with Crippen molar-refractivity contribution in [2.75, 3.05) is 6.61 Å². The van der Waals surface area contributed by atoms with E-state index in [1.165, 1.54) is 0 Å². The Morgan fingerprint density at radius 1 is 1.45 bits per heavy atom. The van der Waals surface area contributed by atoms with E-state index in [1.807, 2.05) is 12.1 Å². The van der Waals surface area contributed by atoms with Crippen molar-refractivity contribution in [2.24, 2.45) is 5.92 Å². The van der Waals surface area contributed by atoms with Gasteiger partial charge in [0.2, 0.25) is 5.91 Å². The van der Waals surface area contributed by atoms with Gasteiger partial charge in [-0.2, -0.15) is 0 Å². The Balaban J connectivity index is 2.45. The molecule has 0 spiro atoms. The summed E-state index contributed by atoms with van der Waals surface area (Å²) in [7, 11) is 0. The SMILES string of the molecule is CCCCC(CC)C(=O)NCc1ccc(C#CCO)s1. The van der Waals surface area contributed by atoms with Crippen LogP contribution in [0.4, 0.5) is 0 Å². The number of nitrogens with one attached hydrogen (secondary N) is 1. The molecule has 0 aliphatic heterocycles. The second-order valence-corrected chi connectivity index (χ2v) is 5.86. The quantitative estimate of drug-likeness (QED) is 0.759. The molecular weight excluding hydrogens is 270 g/mol. The topological polar surface area (TPSA) is 49.3 Å². The monoisotopic (exact) mass is 293 g/mol. The maximum atomic E-state index is 12.1. The van der Waals surface area contributed by atoms with Crippen molar-refractivity contribution in [1.29, 1.82) is 0 Å². The first kappa shape index (κ1) is 16.7. The summed E-state index contributed by atoms with van der Waals surface area (Å²) in [4.78, 5) is 14.1. The standard InChI is InChI=1S/C16H23NO2S/c1-3-5-7-13(4-2)16(19)17-12-15-10-9-14(20-15)8-6-11-18/h9-10,13,18H,3-5,7,11-12H2,1-2H3,(H,17,19). The zero-order valence-corrected chi connectivity index (χ0v) is 13.1. The van der Waals surface area contributed by atoms with E-state index in [9.17, 15) is 4.79 Å². The molecule has 0 saturated heterocycles. The summed E-state index contributed by atoms with van der Waals surface area (Å²) in [5, 5.41) is 11.6. The third-order valence-corrected chi connectivity index (χ3v) is 4.16. The maximum absolute atomic E-state index is 12.1. The first-order valence-electron chi connectivity index (χ1n) is 7.17. The molecule has 0 fully saturated rings. The van der Waals surface area contributed by atoms with Crippen LogP contribution in [-0.2, 0) is 11.3 Å². The Morgan fingerprint density at radius 3 is 2.90 bits per heavy atom. The predicted molar refractivity (Wildman–Crippen MR) is 83.4 cm³/mol. The maximum Gasteiger partial charge on any atom is 0.223 e. The molecule has 0 aromatic carbocycles. The lowest BCUT2D eigenvalue weighted by atomic mass is 9.98. The van der Waals surface area contributed by atoms with Gasteiger partial charge >= 0.3 is 0 Å². The highest BCUT2D eigenvalue weighted by atomic mass is 32.1. The predicted octanol–water partition coefficient (Wildman–Crippen LogP) is 2.92. The summed E-state index contributed by atoms with van der Waals surface area (Å²) >= 11 is 1.55. The smallest absolute Gasteiger partial charge is 0.223 e. The highest BCUT2D eigenvalue weighted by Crippen LogP contribution is 2.16.